The number of alkyl halides is 4. The minimum atomic E-state index is -2.68. The van der Waals surface area contributed by atoms with Crippen LogP contribution < -0.4 is 21.2 Å². The Balaban J connectivity index is 3.09. The van der Waals surface area contributed by atoms with Gasteiger partial charge < -0.3 is 0 Å². The molecule has 0 saturated carbocycles. The van der Waals surface area contributed by atoms with Crippen molar-refractivity contribution in [1.29, 1.82) is 0 Å². The molecule has 12 heavy (non-hydrogen) atoms. The van der Waals surface area contributed by atoms with Crippen molar-refractivity contribution in [2.45, 2.75) is 10.9 Å². The number of hydrogen-bond donors (Lipinski definition) is 0. The van der Waals surface area contributed by atoms with Crippen LogP contribution in [-0.2, 0) is 11.0 Å². The Labute approximate surface area is 80.2 Å². The fraction of sp³-hybridized carbons (Fsp3) is 0.571. The van der Waals surface area contributed by atoms with Gasteiger partial charge in [0.05, 0.1) is 0 Å². The summed E-state index contributed by atoms with van der Waals surface area (Å²) in [6, 6.07) is 0. The van der Waals surface area contributed by atoms with Gasteiger partial charge in [-0.3, -0.25) is 0 Å². The molecule has 0 saturated heterocycles. The molecule has 0 aliphatic carbocycles. The van der Waals surface area contributed by atoms with E-state index in [1.807, 2.05) is 0 Å². The van der Waals surface area contributed by atoms with Gasteiger partial charge in [0.15, 0.2) is 0 Å². The van der Waals surface area contributed by atoms with E-state index in [-0.39, 0.29) is 5.69 Å². The Kier molecular flexibility index (Phi) is 2.70. The van der Waals surface area contributed by atoms with Gasteiger partial charge in [-0.15, -0.1) is 0 Å². The molecule has 0 atom stereocenters. The number of rotatable bonds is 2. The van der Waals surface area contributed by atoms with Crippen molar-refractivity contribution in [2.75, 3.05) is 4.93 Å². The van der Waals surface area contributed by atoms with Crippen LogP contribution in [0.1, 0.15) is 11.3 Å². The van der Waals surface area contributed by atoms with Crippen LogP contribution in [0.4, 0.5) is 8.78 Å². The van der Waals surface area contributed by atoms with Crippen molar-refractivity contribution in [3.05, 3.63) is 17.5 Å². The molecule has 70 valence electrons. The van der Waals surface area contributed by atoms with Crippen LogP contribution in [-0.4, -0.2) is 14.7 Å². The van der Waals surface area contributed by atoms with Gasteiger partial charge in [0.25, 0.3) is 0 Å². The van der Waals surface area contributed by atoms with Crippen LogP contribution >= 0.6 is 0 Å². The fourth-order valence-corrected chi connectivity index (χ4v) is 2.02. The first-order chi connectivity index (χ1) is 5.47. The van der Waals surface area contributed by atoms with Crippen molar-refractivity contribution in [2.24, 2.45) is 7.05 Å². The summed E-state index contributed by atoms with van der Waals surface area (Å²) in [6.45, 7) is 1.66. The second-order valence-electron chi connectivity index (χ2n) is 2.52. The van der Waals surface area contributed by atoms with E-state index in [4.69, 9.17) is 0 Å². The Morgan fingerprint density at radius 1 is 1.58 bits per heavy atom. The van der Waals surface area contributed by atoms with Crippen LogP contribution in [0.5, 0.6) is 0 Å². The molecule has 0 spiro atoms. The zero-order valence-corrected chi connectivity index (χ0v) is 9.26. The Bertz CT molecular complexity index is 283. The third-order valence-corrected chi connectivity index (χ3v) is 3.38. The van der Waals surface area contributed by atoms with Crippen LogP contribution in [0.25, 0.3) is 0 Å². The number of aryl methyl sites for hydroxylation is 2. The third kappa shape index (κ3) is 1.75. The molecular formula is C7H10F2IN2-. The zero-order chi connectivity index (χ0) is 9.35. The molecule has 0 aliphatic rings. The van der Waals surface area contributed by atoms with E-state index in [1.165, 1.54) is 4.68 Å². The topological polar surface area (TPSA) is 17.8 Å². The Morgan fingerprint density at radius 3 is 2.50 bits per heavy atom. The first-order valence-corrected chi connectivity index (χ1v) is 6.60. The van der Waals surface area contributed by atoms with Gasteiger partial charge >= 0.3 is 80.1 Å². The molecule has 1 rings (SSSR count). The van der Waals surface area contributed by atoms with Gasteiger partial charge in [0.1, 0.15) is 0 Å². The SMILES string of the molecule is C[I-]C(F)(F)c1nn(C)cc1C. The van der Waals surface area contributed by atoms with E-state index in [0.29, 0.717) is 5.56 Å². The summed E-state index contributed by atoms with van der Waals surface area (Å²) in [6.07, 6.45) is 1.61. The third-order valence-electron chi connectivity index (χ3n) is 1.52. The molecule has 2 nitrogen and oxygen atoms in total. The van der Waals surface area contributed by atoms with E-state index in [2.05, 4.69) is 5.10 Å². The fourth-order valence-electron chi connectivity index (χ4n) is 0.977. The molecule has 0 radical (unpaired) electrons. The monoisotopic (exact) mass is 287 g/mol. The quantitative estimate of drug-likeness (QED) is 0.478. The second-order valence-corrected chi connectivity index (χ2v) is 4.95. The van der Waals surface area contributed by atoms with Crippen molar-refractivity contribution in [3.63, 3.8) is 0 Å². The van der Waals surface area contributed by atoms with Crippen molar-refractivity contribution in [1.82, 2.24) is 9.78 Å². The van der Waals surface area contributed by atoms with Crippen molar-refractivity contribution >= 4 is 0 Å². The van der Waals surface area contributed by atoms with Gasteiger partial charge in [0, 0.05) is 0 Å². The van der Waals surface area contributed by atoms with Crippen LogP contribution in [0.3, 0.4) is 0 Å². The summed E-state index contributed by atoms with van der Waals surface area (Å²) >= 11 is -1.13. The maximum atomic E-state index is 13.1. The van der Waals surface area contributed by atoms with Crippen LogP contribution in [0, 0.1) is 6.92 Å². The molecule has 0 bridgehead atoms. The summed E-state index contributed by atoms with van der Waals surface area (Å²) < 4.78 is 25.0. The van der Waals surface area contributed by atoms with Gasteiger partial charge in [0.2, 0.25) is 0 Å². The molecule has 1 aromatic heterocycles. The van der Waals surface area contributed by atoms with E-state index in [0.717, 1.165) is 0 Å². The van der Waals surface area contributed by atoms with E-state index in [9.17, 15) is 8.78 Å². The molecule has 0 aliphatic heterocycles. The molecule has 1 aromatic rings. The number of nitrogens with zero attached hydrogens (tertiary/aromatic N) is 2. The van der Waals surface area contributed by atoms with Gasteiger partial charge in [-0.05, 0) is 0 Å². The van der Waals surface area contributed by atoms with Crippen LogP contribution in [0.15, 0.2) is 6.20 Å². The molecule has 0 amide bonds. The van der Waals surface area contributed by atoms with Gasteiger partial charge in [-0.25, -0.2) is 0 Å². The van der Waals surface area contributed by atoms with E-state index >= 15 is 0 Å². The minimum absolute atomic E-state index is 0.0553. The van der Waals surface area contributed by atoms with Crippen molar-refractivity contribution in [3.8, 4) is 0 Å². The van der Waals surface area contributed by atoms with E-state index in [1.54, 1.807) is 25.1 Å². The number of hydrogen-bond acceptors (Lipinski definition) is 1. The summed E-state index contributed by atoms with van der Waals surface area (Å²) in [4.78, 5) is 1.56. The molecule has 0 aromatic carbocycles. The first-order valence-electron chi connectivity index (χ1n) is 3.36. The molecule has 1 heterocycles. The average Bonchev–Trinajstić information content (AvgIpc) is 2.31. The zero-order valence-electron chi connectivity index (χ0n) is 7.11. The van der Waals surface area contributed by atoms with Crippen LogP contribution in [0.2, 0.25) is 0 Å². The number of halogens is 3. The average molecular weight is 287 g/mol. The van der Waals surface area contributed by atoms with E-state index < -0.39 is 25.1 Å². The number of aromatic nitrogens is 2. The Hall–Kier alpha value is -0.200. The normalized spacial score (nSPS) is 12.4. The summed E-state index contributed by atoms with van der Waals surface area (Å²) in [7, 11) is 1.65. The first kappa shape index (κ1) is 9.88. The molecule has 0 unspecified atom stereocenters. The molecular weight excluding hydrogens is 277 g/mol. The maximum absolute atomic E-state index is 13.1. The molecule has 0 N–H and O–H groups in total. The molecule has 5 heteroatoms. The van der Waals surface area contributed by atoms with Crippen molar-refractivity contribution < 1.29 is 30.0 Å². The predicted octanol–water partition coefficient (Wildman–Crippen LogP) is -1.50. The Morgan fingerprint density at radius 2 is 2.17 bits per heavy atom. The van der Waals surface area contributed by atoms with Gasteiger partial charge in [-0.2, -0.15) is 0 Å². The molecule has 0 fully saturated rings. The summed E-state index contributed by atoms with van der Waals surface area (Å²) in [5.74, 6) is 0. The predicted molar refractivity (Wildman–Crippen MR) is 37.8 cm³/mol. The van der Waals surface area contributed by atoms with Gasteiger partial charge in [-0.1, -0.05) is 0 Å². The summed E-state index contributed by atoms with van der Waals surface area (Å²) in [5.41, 5.74) is 0.518. The standard InChI is InChI=1S/C7H10F2IN2/c1-5-4-12(3)11-6(5)7(8,9)10-2/h4H,1-3H3/q-1. The summed E-state index contributed by atoms with van der Waals surface area (Å²) in [5, 5.41) is 3.75. The second kappa shape index (κ2) is 3.27.